The number of halogens is 3. The summed E-state index contributed by atoms with van der Waals surface area (Å²) in [6.45, 7) is 0. The zero-order valence-corrected chi connectivity index (χ0v) is 13.0. The van der Waals surface area contributed by atoms with Crippen LogP contribution in [-0.2, 0) is 6.18 Å². The maximum Gasteiger partial charge on any atom is 0.453 e. The Morgan fingerprint density at radius 3 is 2.54 bits per heavy atom. The summed E-state index contributed by atoms with van der Waals surface area (Å²) >= 11 is 1.50. The summed E-state index contributed by atoms with van der Waals surface area (Å²) in [6.07, 6.45) is -2.72. The Morgan fingerprint density at radius 2 is 1.88 bits per heavy atom. The minimum atomic E-state index is -4.59. The van der Waals surface area contributed by atoms with Crippen LogP contribution >= 0.6 is 11.3 Å². The van der Waals surface area contributed by atoms with Gasteiger partial charge in [-0.15, -0.1) is 16.4 Å². The molecule has 0 fully saturated rings. The fourth-order valence-corrected chi connectivity index (χ4v) is 3.28. The summed E-state index contributed by atoms with van der Waals surface area (Å²) in [5.74, 6) is -1.06. The minimum Gasteiger partial charge on any atom is -0.323 e. The lowest BCUT2D eigenvalue weighted by molar-refractivity contribution is -0.145. The van der Waals surface area contributed by atoms with Crippen molar-refractivity contribution in [3.8, 4) is 0 Å². The molecular formula is C16H11F3N4S. The molecule has 24 heavy (non-hydrogen) atoms. The molecule has 0 saturated carbocycles. The van der Waals surface area contributed by atoms with E-state index in [1.165, 1.54) is 16.0 Å². The first-order valence-electron chi connectivity index (χ1n) is 7.14. The lowest BCUT2D eigenvalue weighted by Crippen LogP contribution is -2.20. The summed E-state index contributed by atoms with van der Waals surface area (Å²) < 4.78 is 40.3. The summed E-state index contributed by atoms with van der Waals surface area (Å²) in [5, 5.41) is 8.54. The van der Waals surface area contributed by atoms with Gasteiger partial charge >= 0.3 is 6.18 Å². The Bertz CT molecular complexity index is 882. The molecule has 0 aliphatic carbocycles. The van der Waals surface area contributed by atoms with E-state index in [2.05, 4.69) is 15.4 Å². The first kappa shape index (κ1) is 14.9. The highest BCUT2D eigenvalue weighted by molar-refractivity contribution is 7.11. The molecule has 1 atom stereocenters. The molecule has 1 N–H and O–H groups in total. The third-order valence-electron chi connectivity index (χ3n) is 3.65. The van der Waals surface area contributed by atoms with Crippen molar-refractivity contribution >= 4 is 23.0 Å². The van der Waals surface area contributed by atoms with Gasteiger partial charge in [0.15, 0.2) is 0 Å². The predicted molar refractivity (Wildman–Crippen MR) is 85.5 cm³/mol. The molecule has 0 bridgehead atoms. The highest BCUT2D eigenvalue weighted by Gasteiger charge is 2.39. The third-order valence-corrected chi connectivity index (χ3v) is 4.55. The molecule has 4 rings (SSSR count). The Balaban J connectivity index is 1.85. The van der Waals surface area contributed by atoms with Gasteiger partial charge in [0.05, 0.1) is 10.6 Å². The van der Waals surface area contributed by atoms with Crippen molar-refractivity contribution in [2.24, 2.45) is 0 Å². The molecule has 1 aliphatic rings. The largest absolute Gasteiger partial charge is 0.453 e. The number of nitrogens with zero attached hydrogens (tertiary/aromatic N) is 3. The Labute approximate surface area is 139 Å². The number of aromatic nitrogens is 3. The van der Waals surface area contributed by atoms with Crippen LogP contribution in [0.1, 0.15) is 22.3 Å². The average molecular weight is 348 g/mol. The maximum absolute atomic E-state index is 13.0. The van der Waals surface area contributed by atoms with Gasteiger partial charge in [-0.3, -0.25) is 0 Å². The van der Waals surface area contributed by atoms with E-state index in [9.17, 15) is 13.2 Å². The molecule has 1 unspecified atom stereocenters. The molecule has 122 valence electrons. The van der Waals surface area contributed by atoms with E-state index >= 15 is 0 Å². The number of anilines is 1. The fourth-order valence-electron chi connectivity index (χ4n) is 2.58. The van der Waals surface area contributed by atoms with Crippen LogP contribution in [0.2, 0.25) is 0 Å². The number of rotatable bonds is 2. The molecule has 1 aliphatic heterocycles. The predicted octanol–water partition coefficient (Wildman–Crippen LogP) is 4.41. The van der Waals surface area contributed by atoms with E-state index < -0.39 is 18.0 Å². The zero-order valence-electron chi connectivity index (χ0n) is 12.2. The Hall–Kier alpha value is -2.61. The smallest absolute Gasteiger partial charge is 0.323 e. The number of allylic oxidation sites excluding steroid dienone is 1. The van der Waals surface area contributed by atoms with Gasteiger partial charge in [0.1, 0.15) is 6.04 Å². The topological polar surface area (TPSA) is 42.7 Å². The van der Waals surface area contributed by atoms with E-state index in [4.69, 9.17) is 0 Å². The van der Waals surface area contributed by atoms with E-state index in [-0.39, 0.29) is 5.95 Å². The van der Waals surface area contributed by atoms with Gasteiger partial charge in [-0.2, -0.15) is 18.2 Å². The SMILES string of the molecule is FC(F)(F)c1nc2n(n1)C(c1ccccc1)C=C(c1cccs1)N2. The van der Waals surface area contributed by atoms with E-state index in [0.29, 0.717) is 0 Å². The van der Waals surface area contributed by atoms with Crippen LogP contribution in [0.25, 0.3) is 5.70 Å². The highest BCUT2D eigenvalue weighted by atomic mass is 32.1. The number of fused-ring (bicyclic) bond motifs is 1. The number of benzene rings is 1. The first-order valence-corrected chi connectivity index (χ1v) is 8.02. The molecule has 3 heterocycles. The zero-order chi connectivity index (χ0) is 16.7. The van der Waals surface area contributed by atoms with Gasteiger partial charge in [0.25, 0.3) is 5.82 Å². The summed E-state index contributed by atoms with van der Waals surface area (Å²) in [5.41, 5.74) is 1.57. The lowest BCUT2D eigenvalue weighted by atomic mass is 10.0. The molecule has 0 amide bonds. The molecule has 4 nitrogen and oxygen atoms in total. The van der Waals surface area contributed by atoms with Gasteiger partial charge in [-0.1, -0.05) is 36.4 Å². The van der Waals surface area contributed by atoms with Crippen LogP contribution in [0.15, 0.2) is 53.9 Å². The summed E-state index contributed by atoms with van der Waals surface area (Å²) in [7, 11) is 0. The molecule has 2 aromatic heterocycles. The van der Waals surface area contributed by atoms with Crippen LogP contribution < -0.4 is 5.32 Å². The van der Waals surface area contributed by atoms with Crippen molar-refractivity contribution in [2.45, 2.75) is 12.2 Å². The van der Waals surface area contributed by atoms with E-state index in [1.54, 1.807) is 0 Å². The second kappa shape index (κ2) is 5.48. The molecular weight excluding hydrogens is 337 g/mol. The second-order valence-electron chi connectivity index (χ2n) is 5.24. The molecule has 3 aromatic rings. The number of thiophene rings is 1. The number of alkyl halides is 3. The first-order chi connectivity index (χ1) is 11.5. The highest BCUT2D eigenvalue weighted by Crippen LogP contribution is 2.36. The van der Waals surface area contributed by atoms with Crippen molar-refractivity contribution in [3.63, 3.8) is 0 Å². The van der Waals surface area contributed by atoms with Crippen LogP contribution in [0.3, 0.4) is 0 Å². The third kappa shape index (κ3) is 2.58. The average Bonchev–Trinajstić information content (AvgIpc) is 3.23. The van der Waals surface area contributed by atoms with Gasteiger partial charge in [0.2, 0.25) is 5.95 Å². The van der Waals surface area contributed by atoms with Crippen molar-refractivity contribution in [1.29, 1.82) is 0 Å². The lowest BCUT2D eigenvalue weighted by Gasteiger charge is -2.23. The second-order valence-corrected chi connectivity index (χ2v) is 6.19. The summed E-state index contributed by atoms with van der Waals surface area (Å²) in [6, 6.07) is 12.6. The molecule has 0 radical (unpaired) electrons. The van der Waals surface area contributed by atoms with Gasteiger partial charge in [-0.25, -0.2) is 4.68 Å². The van der Waals surface area contributed by atoms with Crippen molar-refractivity contribution in [2.75, 3.05) is 5.32 Å². The quantitative estimate of drug-likeness (QED) is 0.746. The molecule has 0 spiro atoms. The minimum absolute atomic E-state index is 0.0853. The van der Waals surface area contributed by atoms with E-state index in [0.717, 1.165) is 16.1 Å². The summed E-state index contributed by atoms with van der Waals surface area (Å²) in [4.78, 5) is 4.57. The normalized spacial score (nSPS) is 17.1. The number of hydrogen-bond acceptors (Lipinski definition) is 4. The van der Waals surface area contributed by atoms with Crippen LogP contribution in [0.4, 0.5) is 19.1 Å². The van der Waals surface area contributed by atoms with Crippen LogP contribution in [0.5, 0.6) is 0 Å². The Morgan fingerprint density at radius 1 is 1.08 bits per heavy atom. The molecule has 8 heteroatoms. The van der Waals surface area contributed by atoms with Crippen molar-refractivity contribution in [1.82, 2.24) is 14.8 Å². The molecule has 1 aromatic carbocycles. The monoisotopic (exact) mass is 348 g/mol. The Kier molecular flexibility index (Phi) is 3.42. The van der Waals surface area contributed by atoms with Gasteiger partial charge in [0, 0.05) is 0 Å². The molecule has 0 saturated heterocycles. The van der Waals surface area contributed by atoms with E-state index in [1.807, 2.05) is 53.9 Å². The van der Waals surface area contributed by atoms with Crippen LogP contribution in [-0.4, -0.2) is 14.8 Å². The maximum atomic E-state index is 13.0. The van der Waals surface area contributed by atoms with Crippen LogP contribution in [0, 0.1) is 0 Å². The van der Waals surface area contributed by atoms with Gasteiger partial charge < -0.3 is 5.32 Å². The van der Waals surface area contributed by atoms with Crippen molar-refractivity contribution in [3.05, 3.63) is 70.2 Å². The van der Waals surface area contributed by atoms with Crippen molar-refractivity contribution < 1.29 is 13.2 Å². The standard InChI is InChI=1S/C16H11F3N4S/c17-16(18,19)14-21-15-20-11(13-7-4-8-24-13)9-12(23(15)22-14)10-5-2-1-3-6-10/h1-9,12H,(H,20,21,22). The fraction of sp³-hybridized carbons (Fsp3) is 0.125. The van der Waals surface area contributed by atoms with Gasteiger partial charge in [-0.05, 0) is 23.1 Å². The number of hydrogen-bond donors (Lipinski definition) is 1. The number of nitrogens with one attached hydrogen (secondary N) is 1.